The molecule has 0 fully saturated rings. The van der Waals surface area contributed by atoms with Crippen LogP contribution in [0.1, 0.15) is 34.1 Å². The molecule has 1 rings (SSSR count). The zero-order valence-electron chi connectivity index (χ0n) is 9.58. The van der Waals surface area contributed by atoms with Crippen LogP contribution in [0.3, 0.4) is 0 Å². The summed E-state index contributed by atoms with van der Waals surface area (Å²) < 4.78 is 0. The second-order valence-electron chi connectivity index (χ2n) is 4.86. The van der Waals surface area contributed by atoms with Crippen LogP contribution in [0.15, 0.2) is 24.3 Å². The Balaban J connectivity index is 2.93. The lowest BCUT2D eigenvalue weighted by Crippen LogP contribution is -2.36. The van der Waals surface area contributed by atoms with Gasteiger partial charge in [0, 0.05) is 5.92 Å². The summed E-state index contributed by atoms with van der Waals surface area (Å²) in [5, 5.41) is 0. The van der Waals surface area contributed by atoms with Gasteiger partial charge in [-0.3, -0.25) is 4.79 Å². The third-order valence-corrected chi connectivity index (χ3v) is 3.09. The third kappa shape index (κ3) is 2.14. The molecule has 2 atom stereocenters. The molecule has 14 heavy (non-hydrogen) atoms. The molecule has 0 radical (unpaired) electrons. The fourth-order valence-electron chi connectivity index (χ4n) is 2.45. The van der Waals surface area contributed by atoms with Crippen molar-refractivity contribution in [2.45, 2.75) is 34.1 Å². The van der Waals surface area contributed by atoms with Crippen molar-refractivity contribution >= 4 is 5.78 Å². The van der Waals surface area contributed by atoms with Crippen LogP contribution in [0.25, 0.3) is 0 Å². The smallest absolute Gasteiger partial charge is 0.159 e. The minimum absolute atomic E-state index is 0.102. The van der Waals surface area contributed by atoms with Gasteiger partial charge in [0.2, 0.25) is 0 Å². The van der Waals surface area contributed by atoms with Crippen LogP contribution in [0, 0.1) is 17.3 Å². The van der Waals surface area contributed by atoms with E-state index in [1.54, 1.807) is 6.08 Å². The van der Waals surface area contributed by atoms with Crippen molar-refractivity contribution in [3.63, 3.8) is 0 Å². The summed E-state index contributed by atoms with van der Waals surface area (Å²) in [7, 11) is 0. The van der Waals surface area contributed by atoms with Crippen LogP contribution < -0.4 is 0 Å². The van der Waals surface area contributed by atoms with Crippen LogP contribution in [0.2, 0.25) is 0 Å². The van der Waals surface area contributed by atoms with Crippen molar-refractivity contribution in [1.82, 2.24) is 0 Å². The van der Waals surface area contributed by atoms with E-state index < -0.39 is 0 Å². The first-order chi connectivity index (χ1) is 6.49. The van der Waals surface area contributed by atoms with E-state index in [4.69, 9.17) is 0 Å². The Bertz CT molecular complexity index is 271. The van der Waals surface area contributed by atoms with Gasteiger partial charge >= 0.3 is 0 Å². The third-order valence-electron chi connectivity index (χ3n) is 3.09. The molecule has 1 aliphatic carbocycles. The van der Waals surface area contributed by atoms with E-state index in [2.05, 4.69) is 32.9 Å². The first kappa shape index (κ1) is 11.2. The van der Waals surface area contributed by atoms with E-state index in [9.17, 15) is 4.79 Å². The Morgan fingerprint density at radius 1 is 1.50 bits per heavy atom. The lowest BCUT2D eigenvalue weighted by molar-refractivity contribution is -0.123. The topological polar surface area (TPSA) is 17.1 Å². The standard InChI is InChI=1S/C13H20O/c1-5-7-11(14)12-10(2)8-6-9-13(12,3)4/h5-8,10,12H,9H2,1-4H3/t10-,12-/m0/s1. The molecular formula is C13H20O. The first-order valence-electron chi connectivity index (χ1n) is 5.32. The van der Waals surface area contributed by atoms with Gasteiger partial charge in [0.1, 0.15) is 0 Å². The number of hydrogen-bond acceptors (Lipinski definition) is 1. The number of hydrogen-bond donors (Lipinski definition) is 0. The summed E-state index contributed by atoms with van der Waals surface area (Å²) in [5.41, 5.74) is 0.102. The molecule has 0 aromatic heterocycles. The van der Waals surface area contributed by atoms with Crippen molar-refractivity contribution < 1.29 is 4.79 Å². The molecule has 0 bridgehead atoms. The highest BCUT2D eigenvalue weighted by molar-refractivity contribution is 5.92. The predicted molar refractivity (Wildman–Crippen MR) is 60.0 cm³/mol. The van der Waals surface area contributed by atoms with Gasteiger partial charge in [-0.05, 0) is 30.8 Å². The summed E-state index contributed by atoms with van der Waals surface area (Å²) in [6.45, 7) is 8.38. The molecule has 1 aliphatic rings. The zero-order valence-corrected chi connectivity index (χ0v) is 9.58. The summed E-state index contributed by atoms with van der Waals surface area (Å²) in [5.74, 6) is 0.778. The highest BCUT2D eigenvalue weighted by Gasteiger charge is 2.38. The van der Waals surface area contributed by atoms with Crippen molar-refractivity contribution in [3.8, 4) is 0 Å². The van der Waals surface area contributed by atoms with Gasteiger partial charge in [0.25, 0.3) is 0 Å². The Morgan fingerprint density at radius 3 is 2.64 bits per heavy atom. The predicted octanol–water partition coefficient (Wildman–Crippen LogP) is 3.37. The van der Waals surface area contributed by atoms with Crippen molar-refractivity contribution in [3.05, 3.63) is 24.3 Å². The quantitative estimate of drug-likeness (QED) is 0.484. The minimum atomic E-state index is 0.102. The molecule has 0 spiro atoms. The molecule has 1 nitrogen and oxygen atoms in total. The fraction of sp³-hybridized carbons (Fsp3) is 0.615. The SMILES string of the molecule is CC=CC(=O)[C@@H]1[C@@H](C)C=CCC1(C)C. The summed E-state index contributed by atoms with van der Waals surface area (Å²) in [6.07, 6.45) is 8.91. The van der Waals surface area contributed by atoms with Crippen LogP contribution >= 0.6 is 0 Å². The molecule has 0 amide bonds. The maximum absolute atomic E-state index is 11.9. The molecular weight excluding hydrogens is 172 g/mol. The summed E-state index contributed by atoms with van der Waals surface area (Å²) in [6, 6.07) is 0. The second-order valence-corrected chi connectivity index (χ2v) is 4.86. The van der Waals surface area contributed by atoms with Crippen molar-refractivity contribution in [2.24, 2.45) is 17.3 Å². The Hall–Kier alpha value is -0.850. The Labute approximate surface area is 86.9 Å². The van der Waals surface area contributed by atoms with Gasteiger partial charge in [0.05, 0.1) is 0 Å². The monoisotopic (exact) mass is 192 g/mol. The van der Waals surface area contributed by atoms with Crippen LogP contribution in [-0.2, 0) is 4.79 Å². The number of carbonyl (C=O) groups excluding carboxylic acids is 1. The lowest BCUT2D eigenvalue weighted by Gasteiger charge is -2.38. The lowest BCUT2D eigenvalue weighted by atomic mass is 9.65. The number of allylic oxidation sites excluding steroid dienone is 4. The minimum Gasteiger partial charge on any atom is -0.295 e. The Kier molecular flexibility index (Phi) is 3.30. The number of carbonyl (C=O) groups is 1. The molecule has 78 valence electrons. The highest BCUT2D eigenvalue weighted by atomic mass is 16.1. The van der Waals surface area contributed by atoms with Gasteiger partial charge in [-0.1, -0.05) is 39.0 Å². The van der Waals surface area contributed by atoms with Gasteiger partial charge in [-0.25, -0.2) is 0 Å². The van der Waals surface area contributed by atoms with E-state index in [-0.39, 0.29) is 17.1 Å². The molecule has 0 aromatic carbocycles. The van der Waals surface area contributed by atoms with E-state index in [0.717, 1.165) is 6.42 Å². The summed E-state index contributed by atoms with van der Waals surface area (Å²) in [4.78, 5) is 11.9. The van der Waals surface area contributed by atoms with E-state index in [1.807, 2.05) is 13.0 Å². The molecule has 0 unspecified atom stereocenters. The molecule has 0 saturated carbocycles. The average Bonchev–Trinajstić information content (AvgIpc) is 2.02. The molecule has 0 aromatic rings. The molecule has 0 heterocycles. The zero-order chi connectivity index (χ0) is 10.8. The van der Waals surface area contributed by atoms with Crippen LogP contribution in [-0.4, -0.2) is 5.78 Å². The van der Waals surface area contributed by atoms with Crippen molar-refractivity contribution in [2.75, 3.05) is 0 Å². The number of ketones is 1. The maximum atomic E-state index is 11.9. The largest absolute Gasteiger partial charge is 0.295 e. The fourth-order valence-corrected chi connectivity index (χ4v) is 2.45. The van der Waals surface area contributed by atoms with Gasteiger partial charge in [-0.2, -0.15) is 0 Å². The van der Waals surface area contributed by atoms with Gasteiger partial charge < -0.3 is 0 Å². The van der Waals surface area contributed by atoms with Gasteiger partial charge in [-0.15, -0.1) is 0 Å². The number of rotatable bonds is 2. The summed E-state index contributed by atoms with van der Waals surface area (Å²) >= 11 is 0. The average molecular weight is 192 g/mol. The first-order valence-corrected chi connectivity index (χ1v) is 5.32. The van der Waals surface area contributed by atoms with E-state index in [1.165, 1.54) is 0 Å². The maximum Gasteiger partial charge on any atom is 0.159 e. The molecule has 0 N–H and O–H groups in total. The Morgan fingerprint density at radius 2 is 2.14 bits per heavy atom. The van der Waals surface area contributed by atoms with E-state index in [0.29, 0.717) is 5.92 Å². The van der Waals surface area contributed by atoms with Crippen molar-refractivity contribution in [1.29, 1.82) is 0 Å². The van der Waals surface area contributed by atoms with Crippen LogP contribution in [0.4, 0.5) is 0 Å². The second kappa shape index (κ2) is 4.12. The highest BCUT2D eigenvalue weighted by Crippen LogP contribution is 2.41. The molecule has 1 heteroatoms. The van der Waals surface area contributed by atoms with Gasteiger partial charge in [0.15, 0.2) is 5.78 Å². The normalized spacial score (nSPS) is 30.9. The molecule has 0 saturated heterocycles. The molecule has 0 aliphatic heterocycles. The van der Waals surface area contributed by atoms with E-state index >= 15 is 0 Å². The van der Waals surface area contributed by atoms with Crippen LogP contribution in [0.5, 0.6) is 0 Å².